The molecule has 7 heteroatoms. The van der Waals surface area contributed by atoms with Gasteiger partial charge in [-0.05, 0) is 24.3 Å². The Morgan fingerprint density at radius 3 is 2.60 bits per heavy atom. The molecule has 3 rings (SSSR count). The van der Waals surface area contributed by atoms with Gasteiger partial charge in [0.2, 0.25) is 0 Å². The van der Waals surface area contributed by atoms with Crippen molar-refractivity contribution in [2.75, 3.05) is 14.2 Å². The Morgan fingerprint density at radius 2 is 1.88 bits per heavy atom. The van der Waals surface area contributed by atoms with Gasteiger partial charge in [0, 0.05) is 11.4 Å². The molecule has 0 radical (unpaired) electrons. The minimum absolute atomic E-state index is 0.334. The molecular weight excluding hydrogens is 381 g/mol. The number of rotatable bonds is 6. The van der Waals surface area contributed by atoms with Crippen LogP contribution in [0.3, 0.4) is 0 Å². The highest BCUT2D eigenvalue weighted by Gasteiger charge is 2.14. The lowest BCUT2D eigenvalue weighted by atomic mass is 10.2. The smallest absolute Gasteiger partial charge is 0.170 e. The lowest BCUT2D eigenvalue weighted by Crippen LogP contribution is -1.96. The molecule has 2 aromatic carbocycles. The molecule has 1 heterocycles. The van der Waals surface area contributed by atoms with Gasteiger partial charge >= 0.3 is 0 Å². The van der Waals surface area contributed by atoms with Crippen molar-refractivity contribution in [2.24, 2.45) is 0 Å². The van der Waals surface area contributed by atoms with Gasteiger partial charge in [-0.1, -0.05) is 29.3 Å². The molecule has 0 amide bonds. The molecule has 0 fully saturated rings. The molecule has 130 valence electrons. The summed E-state index contributed by atoms with van der Waals surface area (Å²) in [5, 5.41) is 3.74. The van der Waals surface area contributed by atoms with Crippen LogP contribution in [0, 0.1) is 0 Å². The minimum Gasteiger partial charge on any atom is -0.493 e. The quantitative estimate of drug-likeness (QED) is 0.535. The third-order valence-electron chi connectivity index (χ3n) is 3.46. The Bertz CT molecular complexity index is 883. The summed E-state index contributed by atoms with van der Waals surface area (Å²) in [5.41, 5.74) is 1.70. The van der Waals surface area contributed by atoms with Crippen molar-refractivity contribution >= 4 is 34.5 Å². The number of methoxy groups -OCH3 is 2. The standard InChI is InChI=1S/C18H15Cl2NO3S/c1-22-16-5-3-4-13(17(16)23-2)18-21-11(10-25-18)9-24-12-6-7-14(19)15(20)8-12/h3-8,10H,9H2,1-2H3. The second-order valence-corrected chi connectivity index (χ2v) is 6.72. The van der Waals surface area contributed by atoms with Crippen LogP contribution in [-0.2, 0) is 6.61 Å². The Hall–Kier alpha value is -1.95. The van der Waals surface area contributed by atoms with Crippen LogP contribution in [0.25, 0.3) is 10.6 Å². The number of nitrogens with zero attached hydrogens (tertiary/aromatic N) is 1. The molecule has 0 unspecified atom stereocenters. The number of thiazole rings is 1. The zero-order chi connectivity index (χ0) is 17.8. The highest BCUT2D eigenvalue weighted by atomic mass is 35.5. The van der Waals surface area contributed by atoms with Gasteiger partial charge in [-0.15, -0.1) is 11.3 Å². The summed E-state index contributed by atoms with van der Waals surface area (Å²) in [5.74, 6) is 1.98. The van der Waals surface area contributed by atoms with Gasteiger partial charge in [-0.2, -0.15) is 0 Å². The lowest BCUT2D eigenvalue weighted by Gasteiger charge is -2.10. The fraction of sp³-hybridized carbons (Fsp3) is 0.167. The Balaban J connectivity index is 1.78. The third kappa shape index (κ3) is 4.00. The topological polar surface area (TPSA) is 40.6 Å². The van der Waals surface area contributed by atoms with Crippen LogP contribution in [-0.4, -0.2) is 19.2 Å². The number of hydrogen-bond acceptors (Lipinski definition) is 5. The number of halogens is 2. The van der Waals surface area contributed by atoms with Gasteiger partial charge in [0.1, 0.15) is 17.4 Å². The van der Waals surface area contributed by atoms with Crippen LogP contribution in [0.5, 0.6) is 17.2 Å². The fourth-order valence-corrected chi connectivity index (χ4v) is 3.39. The first-order valence-electron chi connectivity index (χ1n) is 7.36. The van der Waals surface area contributed by atoms with Crippen molar-refractivity contribution in [3.63, 3.8) is 0 Å². The van der Waals surface area contributed by atoms with E-state index in [0.717, 1.165) is 16.3 Å². The SMILES string of the molecule is COc1cccc(-c2nc(COc3ccc(Cl)c(Cl)c3)cs2)c1OC. The first-order valence-corrected chi connectivity index (χ1v) is 8.99. The average Bonchev–Trinajstić information content (AvgIpc) is 3.10. The van der Waals surface area contributed by atoms with Gasteiger partial charge in [-0.25, -0.2) is 4.98 Å². The van der Waals surface area contributed by atoms with Crippen LogP contribution < -0.4 is 14.2 Å². The first kappa shape index (κ1) is 17.9. The average molecular weight is 396 g/mol. The van der Waals surface area contributed by atoms with Crippen LogP contribution >= 0.6 is 34.5 Å². The zero-order valence-electron chi connectivity index (χ0n) is 13.6. The van der Waals surface area contributed by atoms with Crippen molar-refractivity contribution in [1.29, 1.82) is 0 Å². The molecule has 4 nitrogen and oxygen atoms in total. The fourth-order valence-electron chi connectivity index (χ4n) is 2.28. The molecule has 0 N–H and O–H groups in total. The van der Waals surface area contributed by atoms with E-state index >= 15 is 0 Å². The molecule has 0 atom stereocenters. The summed E-state index contributed by atoms with van der Waals surface area (Å²) in [4.78, 5) is 4.62. The molecule has 25 heavy (non-hydrogen) atoms. The Labute approximate surface area is 159 Å². The summed E-state index contributed by atoms with van der Waals surface area (Å²) in [7, 11) is 3.23. The first-order chi connectivity index (χ1) is 12.1. The summed E-state index contributed by atoms with van der Waals surface area (Å²) in [6.45, 7) is 0.334. The summed E-state index contributed by atoms with van der Waals surface area (Å²) in [6, 6.07) is 10.9. The predicted octanol–water partition coefficient (Wildman–Crippen LogP) is 5.71. The molecule has 0 bridgehead atoms. The van der Waals surface area contributed by atoms with E-state index in [9.17, 15) is 0 Å². The summed E-state index contributed by atoms with van der Waals surface area (Å²) < 4.78 is 16.5. The monoisotopic (exact) mass is 395 g/mol. The number of benzene rings is 2. The van der Waals surface area contributed by atoms with E-state index in [1.807, 2.05) is 23.6 Å². The van der Waals surface area contributed by atoms with Crippen LogP contribution in [0.15, 0.2) is 41.8 Å². The molecule has 3 aromatic rings. The van der Waals surface area contributed by atoms with Crippen molar-refractivity contribution in [3.05, 3.63) is 57.5 Å². The number of ether oxygens (including phenoxy) is 3. The summed E-state index contributed by atoms with van der Waals surface area (Å²) >= 11 is 13.4. The van der Waals surface area contributed by atoms with Gasteiger partial charge in [0.25, 0.3) is 0 Å². The largest absolute Gasteiger partial charge is 0.493 e. The summed E-state index contributed by atoms with van der Waals surface area (Å²) in [6.07, 6.45) is 0. The molecule has 0 saturated carbocycles. The number of hydrogen-bond donors (Lipinski definition) is 0. The van der Waals surface area contributed by atoms with E-state index < -0.39 is 0 Å². The van der Waals surface area contributed by atoms with Gasteiger partial charge in [0.15, 0.2) is 11.5 Å². The predicted molar refractivity (Wildman–Crippen MR) is 101 cm³/mol. The molecule has 0 aliphatic rings. The van der Waals surface area contributed by atoms with E-state index in [1.165, 1.54) is 11.3 Å². The maximum Gasteiger partial charge on any atom is 0.170 e. The van der Waals surface area contributed by atoms with Crippen molar-refractivity contribution in [1.82, 2.24) is 4.98 Å². The van der Waals surface area contributed by atoms with Gasteiger partial charge in [0.05, 0.1) is 35.5 Å². The normalized spacial score (nSPS) is 10.6. The molecule has 0 aliphatic carbocycles. The minimum atomic E-state index is 0.334. The second-order valence-electron chi connectivity index (χ2n) is 5.05. The van der Waals surface area contributed by atoms with Crippen molar-refractivity contribution in [2.45, 2.75) is 6.61 Å². The Kier molecular flexibility index (Phi) is 5.68. The molecule has 1 aromatic heterocycles. The van der Waals surface area contributed by atoms with Crippen molar-refractivity contribution < 1.29 is 14.2 Å². The van der Waals surface area contributed by atoms with E-state index in [2.05, 4.69) is 4.98 Å². The van der Waals surface area contributed by atoms with E-state index in [4.69, 9.17) is 37.4 Å². The van der Waals surface area contributed by atoms with Crippen LogP contribution in [0.4, 0.5) is 0 Å². The highest BCUT2D eigenvalue weighted by Crippen LogP contribution is 2.39. The number of para-hydroxylation sites is 1. The van der Waals surface area contributed by atoms with E-state index in [-0.39, 0.29) is 0 Å². The maximum absolute atomic E-state index is 5.99. The zero-order valence-corrected chi connectivity index (χ0v) is 15.9. The molecule has 0 saturated heterocycles. The van der Waals surface area contributed by atoms with Gasteiger partial charge < -0.3 is 14.2 Å². The van der Waals surface area contributed by atoms with E-state index in [1.54, 1.807) is 32.4 Å². The molecule has 0 spiro atoms. The van der Waals surface area contributed by atoms with Crippen LogP contribution in [0.2, 0.25) is 10.0 Å². The third-order valence-corrected chi connectivity index (χ3v) is 5.13. The maximum atomic E-state index is 5.99. The Morgan fingerprint density at radius 1 is 1.04 bits per heavy atom. The molecular formula is C18H15Cl2NO3S. The van der Waals surface area contributed by atoms with Gasteiger partial charge in [-0.3, -0.25) is 0 Å². The van der Waals surface area contributed by atoms with Crippen molar-refractivity contribution in [3.8, 4) is 27.8 Å². The lowest BCUT2D eigenvalue weighted by molar-refractivity contribution is 0.302. The van der Waals surface area contributed by atoms with E-state index in [0.29, 0.717) is 33.9 Å². The highest BCUT2D eigenvalue weighted by molar-refractivity contribution is 7.13. The second kappa shape index (κ2) is 7.95. The van der Waals surface area contributed by atoms with Crippen LogP contribution in [0.1, 0.15) is 5.69 Å². The number of aromatic nitrogens is 1. The molecule has 0 aliphatic heterocycles.